The third-order valence-electron chi connectivity index (χ3n) is 3.74. The molecule has 4 heteroatoms. The largest absolute Gasteiger partial charge is 0.396 e. The number of para-hydroxylation sites is 1. The van der Waals surface area contributed by atoms with Gasteiger partial charge in [0.25, 0.3) is 5.56 Å². The molecule has 1 aromatic carbocycles. The molecule has 0 aliphatic heterocycles. The number of hydrogen-bond acceptors (Lipinski definition) is 3. The molecule has 1 aromatic heterocycles. The number of aliphatic hydroxyl groups excluding tert-OH is 1. The summed E-state index contributed by atoms with van der Waals surface area (Å²) >= 11 is 0. The smallest absolute Gasteiger partial charge is 0.252 e. The molecule has 0 aliphatic rings. The van der Waals surface area contributed by atoms with E-state index in [-0.39, 0.29) is 18.2 Å². The molecule has 108 valence electrons. The van der Waals surface area contributed by atoms with Crippen molar-refractivity contribution in [3.8, 4) is 0 Å². The molecular formula is C16H22N2O2. The van der Waals surface area contributed by atoms with Crippen molar-refractivity contribution >= 4 is 16.6 Å². The second kappa shape index (κ2) is 6.09. The van der Waals surface area contributed by atoms with Crippen molar-refractivity contribution in [1.82, 2.24) is 4.57 Å². The summed E-state index contributed by atoms with van der Waals surface area (Å²) < 4.78 is 1.65. The highest BCUT2D eigenvalue weighted by Crippen LogP contribution is 2.23. The van der Waals surface area contributed by atoms with Crippen LogP contribution in [0.2, 0.25) is 0 Å². The third kappa shape index (κ3) is 2.85. The highest BCUT2D eigenvalue weighted by molar-refractivity contribution is 5.91. The number of aryl methyl sites for hydroxylation is 1. The molecule has 0 fully saturated rings. The van der Waals surface area contributed by atoms with E-state index < -0.39 is 0 Å². The fourth-order valence-electron chi connectivity index (χ4n) is 2.44. The van der Waals surface area contributed by atoms with Crippen LogP contribution in [-0.4, -0.2) is 22.3 Å². The van der Waals surface area contributed by atoms with Gasteiger partial charge in [-0.05, 0) is 18.4 Å². The predicted molar refractivity (Wildman–Crippen MR) is 83.1 cm³/mol. The Morgan fingerprint density at radius 3 is 2.65 bits per heavy atom. The van der Waals surface area contributed by atoms with Crippen LogP contribution in [0.5, 0.6) is 0 Å². The van der Waals surface area contributed by atoms with Gasteiger partial charge >= 0.3 is 0 Å². The first-order valence-corrected chi connectivity index (χ1v) is 7.00. The molecule has 0 spiro atoms. The predicted octanol–water partition coefficient (Wildman–Crippen LogP) is 2.36. The lowest BCUT2D eigenvalue weighted by molar-refractivity contribution is 0.267. The number of hydrogen-bond donors (Lipinski definition) is 2. The number of nitrogens with zero attached hydrogens (tertiary/aromatic N) is 1. The van der Waals surface area contributed by atoms with Crippen LogP contribution in [0.3, 0.4) is 0 Å². The van der Waals surface area contributed by atoms with E-state index in [1.54, 1.807) is 17.7 Å². The molecule has 0 radical (unpaired) electrons. The summed E-state index contributed by atoms with van der Waals surface area (Å²) in [7, 11) is 1.78. The molecule has 0 saturated heterocycles. The molecule has 4 nitrogen and oxygen atoms in total. The van der Waals surface area contributed by atoms with E-state index in [4.69, 9.17) is 5.11 Å². The van der Waals surface area contributed by atoms with E-state index in [9.17, 15) is 4.79 Å². The zero-order valence-electron chi connectivity index (χ0n) is 12.3. The van der Waals surface area contributed by atoms with Crippen molar-refractivity contribution in [2.45, 2.75) is 26.3 Å². The van der Waals surface area contributed by atoms with Gasteiger partial charge in [-0.25, -0.2) is 0 Å². The molecular weight excluding hydrogens is 252 g/mol. The number of aromatic nitrogens is 1. The summed E-state index contributed by atoms with van der Waals surface area (Å²) in [5, 5.41) is 13.6. The standard InChI is InChI=1S/C16H22N2O2/c1-11(2)13(8-9-19)17-14-10-16(20)18(3)15-7-5-4-6-12(14)15/h4-7,10-11,13,17,19H,8-9H2,1-3H3. The summed E-state index contributed by atoms with van der Waals surface area (Å²) in [4.78, 5) is 12.0. The van der Waals surface area contributed by atoms with E-state index in [1.165, 1.54) is 0 Å². The number of fused-ring (bicyclic) bond motifs is 1. The first kappa shape index (κ1) is 14.6. The van der Waals surface area contributed by atoms with Crippen LogP contribution < -0.4 is 10.9 Å². The topological polar surface area (TPSA) is 54.3 Å². The maximum atomic E-state index is 12.0. The Kier molecular flexibility index (Phi) is 4.45. The third-order valence-corrected chi connectivity index (χ3v) is 3.74. The van der Waals surface area contributed by atoms with Crippen molar-refractivity contribution in [1.29, 1.82) is 0 Å². The number of aliphatic hydroxyl groups is 1. The van der Waals surface area contributed by atoms with Gasteiger partial charge < -0.3 is 15.0 Å². The van der Waals surface area contributed by atoms with Gasteiger partial charge in [-0.15, -0.1) is 0 Å². The summed E-state index contributed by atoms with van der Waals surface area (Å²) in [6.07, 6.45) is 0.668. The van der Waals surface area contributed by atoms with Crippen LogP contribution in [0.4, 0.5) is 5.69 Å². The highest BCUT2D eigenvalue weighted by atomic mass is 16.3. The normalized spacial score (nSPS) is 12.8. The van der Waals surface area contributed by atoms with Gasteiger partial charge in [-0.1, -0.05) is 32.0 Å². The molecule has 2 N–H and O–H groups in total. The van der Waals surface area contributed by atoms with Gasteiger partial charge in [0.1, 0.15) is 0 Å². The lowest BCUT2D eigenvalue weighted by atomic mass is 10.0. The lowest BCUT2D eigenvalue weighted by Gasteiger charge is -2.24. The molecule has 2 rings (SSSR count). The Morgan fingerprint density at radius 1 is 1.30 bits per heavy atom. The number of benzene rings is 1. The fourth-order valence-corrected chi connectivity index (χ4v) is 2.44. The van der Waals surface area contributed by atoms with E-state index in [2.05, 4.69) is 19.2 Å². The van der Waals surface area contributed by atoms with Gasteiger partial charge in [0.2, 0.25) is 0 Å². The molecule has 2 aromatic rings. The Balaban J connectivity index is 2.49. The van der Waals surface area contributed by atoms with Crippen molar-refractivity contribution in [2.75, 3.05) is 11.9 Å². The molecule has 0 amide bonds. The van der Waals surface area contributed by atoms with Crippen molar-refractivity contribution in [3.05, 3.63) is 40.7 Å². The SMILES string of the molecule is CC(C)C(CCO)Nc1cc(=O)n(C)c2ccccc12. The van der Waals surface area contributed by atoms with E-state index in [1.807, 2.05) is 24.3 Å². The molecule has 0 saturated carbocycles. The minimum atomic E-state index is -0.0299. The van der Waals surface area contributed by atoms with Crippen molar-refractivity contribution < 1.29 is 5.11 Å². The molecule has 1 unspecified atom stereocenters. The summed E-state index contributed by atoms with van der Waals surface area (Å²) in [5.41, 5.74) is 1.72. The van der Waals surface area contributed by atoms with E-state index in [0.717, 1.165) is 16.6 Å². The zero-order chi connectivity index (χ0) is 14.7. The van der Waals surface area contributed by atoms with E-state index >= 15 is 0 Å². The molecule has 20 heavy (non-hydrogen) atoms. The summed E-state index contributed by atoms with van der Waals surface area (Å²) in [6.45, 7) is 4.35. The first-order chi connectivity index (χ1) is 9.54. The van der Waals surface area contributed by atoms with Gasteiger partial charge in [-0.2, -0.15) is 0 Å². The van der Waals surface area contributed by atoms with Crippen LogP contribution in [-0.2, 0) is 7.05 Å². The molecule has 1 atom stereocenters. The minimum Gasteiger partial charge on any atom is -0.396 e. The zero-order valence-corrected chi connectivity index (χ0v) is 12.3. The average Bonchev–Trinajstić information content (AvgIpc) is 2.43. The first-order valence-electron chi connectivity index (χ1n) is 7.00. The Hall–Kier alpha value is -1.81. The van der Waals surface area contributed by atoms with Gasteiger partial charge in [0.05, 0.1) is 5.52 Å². The maximum absolute atomic E-state index is 12.0. The monoisotopic (exact) mass is 274 g/mol. The van der Waals surface area contributed by atoms with Gasteiger partial charge in [0, 0.05) is 36.8 Å². The van der Waals surface area contributed by atoms with Crippen molar-refractivity contribution in [2.24, 2.45) is 13.0 Å². The molecule has 1 heterocycles. The highest BCUT2D eigenvalue weighted by Gasteiger charge is 2.15. The van der Waals surface area contributed by atoms with Gasteiger partial charge in [0.15, 0.2) is 0 Å². The minimum absolute atomic E-state index is 0.0299. The number of nitrogens with one attached hydrogen (secondary N) is 1. The summed E-state index contributed by atoms with van der Waals surface area (Å²) in [5.74, 6) is 0.380. The second-order valence-corrected chi connectivity index (χ2v) is 5.48. The lowest BCUT2D eigenvalue weighted by Crippen LogP contribution is -2.28. The molecule has 0 bridgehead atoms. The van der Waals surface area contributed by atoms with Crippen LogP contribution in [0, 0.1) is 5.92 Å². The fraction of sp³-hybridized carbons (Fsp3) is 0.438. The van der Waals surface area contributed by atoms with Crippen LogP contribution in [0.25, 0.3) is 10.9 Å². The Labute approximate surface area is 119 Å². The quantitative estimate of drug-likeness (QED) is 0.880. The van der Waals surface area contributed by atoms with Crippen LogP contribution >= 0.6 is 0 Å². The Bertz CT molecular complexity index is 646. The average molecular weight is 274 g/mol. The van der Waals surface area contributed by atoms with Gasteiger partial charge in [-0.3, -0.25) is 4.79 Å². The summed E-state index contributed by atoms with van der Waals surface area (Å²) in [6, 6.07) is 9.63. The number of pyridine rings is 1. The van der Waals surface area contributed by atoms with Crippen molar-refractivity contribution in [3.63, 3.8) is 0 Å². The van der Waals surface area contributed by atoms with Crippen LogP contribution in [0.15, 0.2) is 35.1 Å². The molecule has 0 aliphatic carbocycles. The Morgan fingerprint density at radius 2 is 2.00 bits per heavy atom. The maximum Gasteiger partial charge on any atom is 0.252 e. The number of rotatable bonds is 5. The number of anilines is 1. The van der Waals surface area contributed by atoms with E-state index in [0.29, 0.717) is 12.3 Å². The second-order valence-electron chi connectivity index (χ2n) is 5.48. The van der Waals surface area contributed by atoms with Crippen LogP contribution in [0.1, 0.15) is 20.3 Å².